The van der Waals surface area contributed by atoms with Gasteiger partial charge >= 0.3 is 0 Å². The minimum Gasteiger partial charge on any atom is -0.383 e. The van der Waals surface area contributed by atoms with Crippen LogP contribution in [0.2, 0.25) is 0 Å². The van der Waals surface area contributed by atoms with E-state index in [1.165, 1.54) is 20.9 Å². The molecule has 6 nitrogen and oxygen atoms in total. The van der Waals surface area contributed by atoms with Gasteiger partial charge in [0.05, 0.1) is 10.8 Å². The molecule has 8 heteroatoms. The molecule has 0 aliphatic rings. The van der Waals surface area contributed by atoms with Crippen LogP contribution >= 0.6 is 22.7 Å². The maximum Gasteiger partial charge on any atom is 0.136 e. The molecular formula is C21H28N6S2. The van der Waals surface area contributed by atoms with Crippen molar-refractivity contribution in [3.8, 4) is 0 Å². The van der Waals surface area contributed by atoms with E-state index in [2.05, 4.69) is 54.6 Å². The largest absolute Gasteiger partial charge is 0.383 e. The predicted octanol–water partition coefficient (Wildman–Crippen LogP) is 5.30. The number of nitrogens with zero attached hydrogens (tertiary/aromatic N) is 4. The second-order valence-electron chi connectivity index (χ2n) is 7.08. The first-order chi connectivity index (χ1) is 13.8. The summed E-state index contributed by atoms with van der Waals surface area (Å²) >= 11 is 3.39. The van der Waals surface area contributed by atoms with Crippen molar-refractivity contribution in [2.75, 3.05) is 11.5 Å². The van der Waals surface area contributed by atoms with E-state index in [0.717, 1.165) is 51.3 Å². The lowest BCUT2D eigenvalue weighted by Gasteiger charge is -2.01. The van der Waals surface area contributed by atoms with E-state index in [1.807, 2.05) is 6.92 Å². The SMILES string of the molecule is CCCc1nc(N)c2c(C)c(C)sc2n1.CCc1nc(N)c2c(C)c(C)sc2n1. The van der Waals surface area contributed by atoms with Gasteiger partial charge in [0.2, 0.25) is 0 Å². The monoisotopic (exact) mass is 428 g/mol. The fourth-order valence-corrected chi connectivity index (χ4v) is 5.26. The summed E-state index contributed by atoms with van der Waals surface area (Å²) in [6, 6.07) is 0. The number of nitrogens with two attached hydrogens (primary N) is 2. The van der Waals surface area contributed by atoms with Crippen LogP contribution in [0.1, 0.15) is 52.8 Å². The normalized spacial score (nSPS) is 11.1. The number of anilines is 2. The Kier molecular flexibility index (Phi) is 6.33. The first kappa shape index (κ1) is 21.4. The van der Waals surface area contributed by atoms with Crippen molar-refractivity contribution in [2.45, 2.75) is 60.8 Å². The van der Waals surface area contributed by atoms with Crippen molar-refractivity contribution in [1.82, 2.24) is 19.9 Å². The summed E-state index contributed by atoms with van der Waals surface area (Å²) in [7, 11) is 0. The lowest BCUT2D eigenvalue weighted by Crippen LogP contribution is -1.99. The molecule has 0 aromatic carbocycles. The molecule has 0 spiro atoms. The van der Waals surface area contributed by atoms with Gasteiger partial charge in [0, 0.05) is 22.6 Å². The second kappa shape index (κ2) is 8.59. The Labute approximate surface area is 179 Å². The molecule has 154 valence electrons. The van der Waals surface area contributed by atoms with E-state index in [4.69, 9.17) is 11.5 Å². The molecule has 0 unspecified atom stereocenters. The summed E-state index contributed by atoms with van der Waals surface area (Å²) < 4.78 is 0. The van der Waals surface area contributed by atoms with Crippen LogP contribution in [-0.2, 0) is 12.8 Å². The molecule has 29 heavy (non-hydrogen) atoms. The molecule has 4 aromatic heterocycles. The Balaban J connectivity index is 0.000000166. The molecule has 4 rings (SSSR count). The molecule has 0 atom stereocenters. The van der Waals surface area contributed by atoms with Crippen LogP contribution in [-0.4, -0.2) is 19.9 Å². The first-order valence-corrected chi connectivity index (χ1v) is 11.4. The Morgan fingerprint density at radius 1 is 0.690 bits per heavy atom. The summed E-state index contributed by atoms with van der Waals surface area (Å²) in [6.07, 6.45) is 2.78. The van der Waals surface area contributed by atoms with Crippen LogP contribution in [0.5, 0.6) is 0 Å². The average Bonchev–Trinajstić information content (AvgIpc) is 3.11. The quantitative estimate of drug-likeness (QED) is 0.459. The van der Waals surface area contributed by atoms with Crippen LogP contribution in [0.15, 0.2) is 0 Å². The van der Waals surface area contributed by atoms with Crippen LogP contribution in [0.25, 0.3) is 20.4 Å². The smallest absolute Gasteiger partial charge is 0.136 e. The first-order valence-electron chi connectivity index (χ1n) is 9.80. The molecule has 0 amide bonds. The maximum absolute atomic E-state index is 5.96. The predicted molar refractivity (Wildman–Crippen MR) is 126 cm³/mol. The highest BCUT2D eigenvalue weighted by atomic mass is 32.1. The van der Waals surface area contributed by atoms with Gasteiger partial charge in [-0.15, -0.1) is 22.7 Å². The molecule has 0 fully saturated rings. The van der Waals surface area contributed by atoms with Gasteiger partial charge in [-0.2, -0.15) is 0 Å². The molecule has 4 aromatic rings. The van der Waals surface area contributed by atoms with Crippen LogP contribution in [0, 0.1) is 27.7 Å². The third-order valence-corrected chi connectivity index (χ3v) is 7.20. The zero-order valence-corrected chi connectivity index (χ0v) is 19.5. The summed E-state index contributed by atoms with van der Waals surface area (Å²) in [6.45, 7) is 12.5. The maximum atomic E-state index is 5.96. The molecular weight excluding hydrogens is 400 g/mol. The molecule has 4 heterocycles. The zero-order valence-electron chi connectivity index (χ0n) is 17.9. The summed E-state index contributed by atoms with van der Waals surface area (Å²) in [5.74, 6) is 2.94. The van der Waals surface area contributed by atoms with Gasteiger partial charge in [-0.05, 0) is 45.2 Å². The van der Waals surface area contributed by atoms with Gasteiger partial charge in [0.1, 0.15) is 32.9 Å². The van der Waals surface area contributed by atoms with Gasteiger partial charge < -0.3 is 11.5 Å². The third kappa shape index (κ3) is 4.18. The number of aromatic nitrogens is 4. The molecule has 0 aliphatic carbocycles. The summed E-state index contributed by atoms with van der Waals surface area (Å²) in [5, 5.41) is 2.07. The van der Waals surface area contributed by atoms with Crippen molar-refractivity contribution in [3.05, 3.63) is 32.5 Å². The topological polar surface area (TPSA) is 104 Å². The number of hydrogen-bond acceptors (Lipinski definition) is 8. The van der Waals surface area contributed by atoms with Crippen molar-refractivity contribution in [2.24, 2.45) is 0 Å². The fourth-order valence-electron chi connectivity index (χ4n) is 3.15. The molecule has 0 radical (unpaired) electrons. The zero-order chi connectivity index (χ0) is 21.3. The van der Waals surface area contributed by atoms with Gasteiger partial charge in [0.25, 0.3) is 0 Å². The standard InChI is InChI=1S/C11H15N3S.C10H13N3S/c1-4-5-8-13-10(12)9-6(2)7(3)15-11(9)14-8;1-4-7-12-9(11)8-5(2)6(3)14-10(8)13-7/h4-5H2,1-3H3,(H2,12,13,14);4H2,1-3H3,(H2,11,12,13). The highest BCUT2D eigenvalue weighted by Gasteiger charge is 2.12. The minimum absolute atomic E-state index is 0.619. The molecule has 0 saturated carbocycles. The number of rotatable bonds is 3. The Morgan fingerprint density at radius 3 is 1.59 bits per heavy atom. The Hall–Kier alpha value is -2.32. The van der Waals surface area contributed by atoms with E-state index in [9.17, 15) is 0 Å². The van der Waals surface area contributed by atoms with Gasteiger partial charge in [0.15, 0.2) is 0 Å². The lowest BCUT2D eigenvalue weighted by atomic mass is 10.2. The lowest BCUT2D eigenvalue weighted by molar-refractivity contribution is 0.848. The number of fused-ring (bicyclic) bond motifs is 2. The number of aryl methyl sites for hydroxylation is 6. The average molecular weight is 429 g/mol. The van der Waals surface area contributed by atoms with E-state index in [0.29, 0.717) is 11.6 Å². The Bertz CT molecular complexity index is 1180. The van der Waals surface area contributed by atoms with Crippen LogP contribution < -0.4 is 11.5 Å². The highest BCUT2D eigenvalue weighted by Crippen LogP contribution is 2.32. The van der Waals surface area contributed by atoms with Gasteiger partial charge in [-0.25, -0.2) is 19.9 Å². The number of nitrogen functional groups attached to an aromatic ring is 2. The summed E-state index contributed by atoms with van der Waals surface area (Å²) in [5.41, 5.74) is 14.3. The van der Waals surface area contributed by atoms with Gasteiger partial charge in [-0.3, -0.25) is 0 Å². The van der Waals surface area contributed by atoms with E-state index in [1.54, 1.807) is 22.7 Å². The minimum atomic E-state index is 0.619. The van der Waals surface area contributed by atoms with Gasteiger partial charge in [-0.1, -0.05) is 13.8 Å². The van der Waals surface area contributed by atoms with E-state index in [-0.39, 0.29) is 0 Å². The molecule has 0 aliphatic heterocycles. The van der Waals surface area contributed by atoms with E-state index >= 15 is 0 Å². The van der Waals surface area contributed by atoms with E-state index < -0.39 is 0 Å². The van der Waals surface area contributed by atoms with Crippen LogP contribution in [0.3, 0.4) is 0 Å². The van der Waals surface area contributed by atoms with Crippen molar-refractivity contribution in [1.29, 1.82) is 0 Å². The molecule has 0 saturated heterocycles. The second-order valence-corrected chi connectivity index (χ2v) is 9.49. The molecule has 0 bridgehead atoms. The third-order valence-electron chi connectivity index (χ3n) is 5.00. The Morgan fingerprint density at radius 2 is 1.14 bits per heavy atom. The van der Waals surface area contributed by atoms with Crippen molar-refractivity contribution < 1.29 is 0 Å². The highest BCUT2D eigenvalue weighted by molar-refractivity contribution is 7.19. The van der Waals surface area contributed by atoms with Crippen LogP contribution in [0.4, 0.5) is 11.6 Å². The van der Waals surface area contributed by atoms with Crippen molar-refractivity contribution >= 4 is 54.7 Å². The number of thiophene rings is 2. The van der Waals surface area contributed by atoms with Crippen molar-refractivity contribution in [3.63, 3.8) is 0 Å². The molecule has 4 N–H and O–H groups in total. The number of hydrogen-bond donors (Lipinski definition) is 2. The fraction of sp³-hybridized carbons (Fsp3) is 0.429. The summed E-state index contributed by atoms with van der Waals surface area (Å²) in [4.78, 5) is 22.2.